The molecule has 1 aromatic carbocycles. The van der Waals surface area contributed by atoms with Crippen LogP contribution in [-0.4, -0.2) is 21.8 Å². The van der Waals surface area contributed by atoms with Crippen molar-refractivity contribution in [1.82, 2.24) is 20.8 Å². The Morgan fingerprint density at radius 2 is 2.10 bits per heavy atom. The van der Waals surface area contributed by atoms with E-state index >= 15 is 0 Å². The van der Waals surface area contributed by atoms with Crippen molar-refractivity contribution in [3.63, 3.8) is 0 Å². The van der Waals surface area contributed by atoms with Gasteiger partial charge in [0.15, 0.2) is 0 Å². The van der Waals surface area contributed by atoms with Gasteiger partial charge >= 0.3 is 0 Å². The molecule has 5 nitrogen and oxygen atoms in total. The fourth-order valence-corrected chi connectivity index (χ4v) is 3.00. The van der Waals surface area contributed by atoms with E-state index in [1.807, 2.05) is 18.2 Å². The molecule has 2 atom stereocenters. The maximum absolute atomic E-state index is 9.52. The highest BCUT2D eigenvalue weighted by atomic mass is 16.3. The van der Waals surface area contributed by atoms with Crippen LogP contribution in [-0.2, 0) is 0 Å². The number of fused-ring (bicyclic) bond motifs is 1. The van der Waals surface area contributed by atoms with Crippen LogP contribution in [0.15, 0.2) is 48.3 Å². The maximum Gasteiger partial charge on any atom is 0.116 e. The number of benzene rings is 1. The van der Waals surface area contributed by atoms with Crippen molar-refractivity contribution in [2.24, 2.45) is 5.92 Å². The van der Waals surface area contributed by atoms with Gasteiger partial charge in [0.2, 0.25) is 0 Å². The Morgan fingerprint density at radius 1 is 1.14 bits per heavy atom. The maximum atomic E-state index is 9.52. The largest absolute Gasteiger partial charge is 0.508 e. The molecule has 0 saturated carbocycles. The molecular weight excluding hydrogens is 264 g/mol. The van der Waals surface area contributed by atoms with Crippen molar-refractivity contribution in [3.8, 4) is 17.0 Å². The molecule has 1 saturated heterocycles. The van der Waals surface area contributed by atoms with E-state index in [-0.39, 0.29) is 11.8 Å². The summed E-state index contributed by atoms with van der Waals surface area (Å²) in [5, 5.41) is 24.9. The summed E-state index contributed by atoms with van der Waals surface area (Å²) in [6.07, 6.45) is 3.11. The summed E-state index contributed by atoms with van der Waals surface area (Å²) < 4.78 is 0. The van der Waals surface area contributed by atoms with Crippen molar-refractivity contribution in [1.29, 1.82) is 0 Å². The zero-order valence-corrected chi connectivity index (χ0v) is 11.5. The van der Waals surface area contributed by atoms with Gasteiger partial charge in [0, 0.05) is 29.9 Å². The molecule has 3 heterocycles. The number of aromatic nitrogens is 2. The van der Waals surface area contributed by atoms with E-state index in [0.29, 0.717) is 5.92 Å². The summed E-state index contributed by atoms with van der Waals surface area (Å²) in [6, 6.07) is 11.3. The number of phenols is 1. The van der Waals surface area contributed by atoms with Gasteiger partial charge < -0.3 is 15.7 Å². The average Bonchev–Trinajstić information content (AvgIpc) is 3.09. The molecule has 2 aliphatic rings. The molecule has 0 radical (unpaired) electrons. The predicted octanol–water partition coefficient (Wildman–Crippen LogP) is 1.94. The Bertz CT molecular complexity index is 696. The third-order valence-corrected chi connectivity index (χ3v) is 4.11. The van der Waals surface area contributed by atoms with Crippen molar-refractivity contribution in [2.45, 2.75) is 12.5 Å². The monoisotopic (exact) mass is 280 g/mol. The lowest BCUT2D eigenvalue weighted by Gasteiger charge is -2.11. The summed E-state index contributed by atoms with van der Waals surface area (Å²) >= 11 is 0. The highest BCUT2D eigenvalue weighted by molar-refractivity contribution is 5.60. The fraction of sp³-hybridized carbons (Fsp3) is 0.250. The van der Waals surface area contributed by atoms with E-state index < -0.39 is 0 Å². The lowest BCUT2D eigenvalue weighted by atomic mass is 10.0. The van der Waals surface area contributed by atoms with Crippen molar-refractivity contribution < 1.29 is 5.11 Å². The molecule has 0 spiro atoms. The van der Waals surface area contributed by atoms with E-state index in [1.165, 1.54) is 5.70 Å². The molecule has 0 bridgehead atoms. The smallest absolute Gasteiger partial charge is 0.116 e. The molecule has 0 aliphatic carbocycles. The molecule has 1 aromatic heterocycles. The second kappa shape index (κ2) is 4.77. The predicted molar refractivity (Wildman–Crippen MR) is 79.2 cm³/mol. The first kappa shape index (κ1) is 12.2. The number of rotatable bonds is 2. The fourth-order valence-electron chi connectivity index (χ4n) is 3.00. The molecule has 3 N–H and O–H groups in total. The number of nitrogens with one attached hydrogen (secondary N) is 2. The number of phenolic OH excluding ortho intramolecular Hbond substituents is 1. The van der Waals surface area contributed by atoms with Crippen LogP contribution in [0.3, 0.4) is 0 Å². The normalized spacial score (nSPS) is 23.1. The van der Waals surface area contributed by atoms with Crippen LogP contribution in [0.1, 0.15) is 18.2 Å². The van der Waals surface area contributed by atoms with E-state index in [2.05, 4.69) is 27.0 Å². The number of nitrogens with zero attached hydrogens (tertiary/aromatic N) is 2. The lowest BCUT2D eigenvalue weighted by molar-refractivity contribution is 0.475. The Balaban J connectivity index is 1.57. The summed E-state index contributed by atoms with van der Waals surface area (Å²) in [7, 11) is 0. The lowest BCUT2D eigenvalue weighted by Crippen LogP contribution is -2.14. The Hall–Kier alpha value is -2.56. The molecule has 0 amide bonds. The van der Waals surface area contributed by atoms with Crippen LogP contribution in [0.4, 0.5) is 0 Å². The van der Waals surface area contributed by atoms with E-state index in [1.54, 1.807) is 18.2 Å². The number of hydrogen-bond acceptors (Lipinski definition) is 5. The van der Waals surface area contributed by atoms with Gasteiger partial charge in [0.05, 0.1) is 17.4 Å². The average molecular weight is 280 g/mol. The molecule has 5 heteroatoms. The SMILES string of the molecule is Oc1cccc(-c2ccc(C3CC4CNC=C4N3)nn2)c1. The molecule has 21 heavy (non-hydrogen) atoms. The first-order valence-corrected chi connectivity index (χ1v) is 7.12. The minimum atomic E-state index is 0.239. The van der Waals surface area contributed by atoms with Gasteiger partial charge in [-0.15, -0.1) is 0 Å². The van der Waals surface area contributed by atoms with Gasteiger partial charge in [0.25, 0.3) is 0 Å². The van der Waals surface area contributed by atoms with E-state index in [0.717, 1.165) is 29.9 Å². The van der Waals surface area contributed by atoms with Crippen molar-refractivity contribution >= 4 is 0 Å². The summed E-state index contributed by atoms with van der Waals surface area (Å²) in [4.78, 5) is 0. The summed E-state index contributed by atoms with van der Waals surface area (Å²) in [5.74, 6) is 0.811. The van der Waals surface area contributed by atoms with Gasteiger partial charge in [-0.3, -0.25) is 0 Å². The standard InChI is InChI=1S/C16H16N4O/c21-12-3-1-2-10(6-12)13-4-5-14(20-19-13)15-7-11-8-17-9-16(11)18-15/h1-6,9,11,15,17-18,21H,7-8H2. The molecule has 2 aliphatic heterocycles. The molecule has 2 unspecified atom stereocenters. The number of hydrogen-bond donors (Lipinski definition) is 3. The second-order valence-corrected chi connectivity index (χ2v) is 5.53. The summed E-state index contributed by atoms with van der Waals surface area (Å²) in [5.41, 5.74) is 3.89. The van der Waals surface area contributed by atoms with E-state index in [4.69, 9.17) is 0 Å². The first-order chi connectivity index (χ1) is 10.3. The zero-order valence-electron chi connectivity index (χ0n) is 11.5. The van der Waals surface area contributed by atoms with Crippen LogP contribution in [0.25, 0.3) is 11.3 Å². The highest BCUT2D eigenvalue weighted by Gasteiger charge is 2.32. The van der Waals surface area contributed by atoms with Crippen molar-refractivity contribution in [3.05, 3.63) is 54.0 Å². The minimum Gasteiger partial charge on any atom is -0.508 e. The zero-order chi connectivity index (χ0) is 14.2. The van der Waals surface area contributed by atoms with Crippen LogP contribution in [0.2, 0.25) is 0 Å². The molecule has 2 aromatic rings. The minimum absolute atomic E-state index is 0.239. The molecule has 1 fully saturated rings. The third kappa shape index (κ3) is 2.20. The van der Waals surface area contributed by atoms with Crippen LogP contribution >= 0.6 is 0 Å². The van der Waals surface area contributed by atoms with Crippen LogP contribution in [0, 0.1) is 5.92 Å². The Morgan fingerprint density at radius 3 is 2.86 bits per heavy atom. The van der Waals surface area contributed by atoms with Gasteiger partial charge in [0.1, 0.15) is 5.75 Å². The topological polar surface area (TPSA) is 70.1 Å². The van der Waals surface area contributed by atoms with Gasteiger partial charge in [-0.1, -0.05) is 12.1 Å². The van der Waals surface area contributed by atoms with E-state index in [9.17, 15) is 5.11 Å². The number of aromatic hydroxyl groups is 1. The Labute approximate surface area is 122 Å². The third-order valence-electron chi connectivity index (χ3n) is 4.11. The highest BCUT2D eigenvalue weighted by Crippen LogP contribution is 2.34. The van der Waals surface area contributed by atoms with Gasteiger partial charge in [-0.25, -0.2) is 0 Å². The summed E-state index contributed by atoms with van der Waals surface area (Å²) in [6.45, 7) is 1.01. The molecular formula is C16H16N4O. The Kier molecular flexibility index (Phi) is 2.77. The quantitative estimate of drug-likeness (QED) is 0.784. The van der Waals surface area contributed by atoms with Crippen LogP contribution in [0.5, 0.6) is 5.75 Å². The van der Waals surface area contributed by atoms with Gasteiger partial charge in [-0.05, 0) is 30.7 Å². The molecule has 106 valence electrons. The second-order valence-electron chi connectivity index (χ2n) is 5.53. The van der Waals surface area contributed by atoms with Crippen molar-refractivity contribution in [2.75, 3.05) is 6.54 Å². The first-order valence-electron chi connectivity index (χ1n) is 7.12. The van der Waals surface area contributed by atoms with Crippen LogP contribution < -0.4 is 10.6 Å². The molecule has 4 rings (SSSR count). The van der Waals surface area contributed by atoms with Gasteiger partial charge in [-0.2, -0.15) is 10.2 Å².